The Balaban J connectivity index is 1.34. The number of methoxy groups -OCH3 is 1. The van der Waals surface area contributed by atoms with E-state index < -0.39 is 11.5 Å². The molecule has 5 rings (SSSR count). The predicted molar refractivity (Wildman–Crippen MR) is 178 cm³/mol. The molecule has 3 aromatic rings. The van der Waals surface area contributed by atoms with Gasteiger partial charge in [-0.2, -0.15) is 0 Å². The zero-order chi connectivity index (χ0) is 33.7. The van der Waals surface area contributed by atoms with Crippen LogP contribution in [0.5, 0.6) is 11.5 Å². The highest BCUT2D eigenvalue weighted by molar-refractivity contribution is 6.06. The van der Waals surface area contributed by atoms with Crippen LogP contribution in [0.3, 0.4) is 0 Å². The molecule has 0 unspecified atom stereocenters. The summed E-state index contributed by atoms with van der Waals surface area (Å²) in [5.74, 6) is 0.676. The summed E-state index contributed by atoms with van der Waals surface area (Å²) in [6, 6.07) is 12.3. The number of piperidine rings is 1. The van der Waals surface area contributed by atoms with E-state index in [2.05, 4.69) is 15.2 Å². The first-order valence-corrected chi connectivity index (χ1v) is 15.8. The van der Waals surface area contributed by atoms with Crippen molar-refractivity contribution in [3.8, 4) is 22.6 Å². The average Bonchev–Trinajstić information content (AvgIpc) is 3.05. The summed E-state index contributed by atoms with van der Waals surface area (Å²) in [5.41, 5.74) is 8.68. The van der Waals surface area contributed by atoms with Crippen LogP contribution >= 0.6 is 0 Å². The lowest BCUT2D eigenvalue weighted by Gasteiger charge is -2.33. The van der Waals surface area contributed by atoms with Crippen molar-refractivity contribution in [2.75, 3.05) is 56.7 Å². The highest BCUT2D eigenvalue weighted by Gasteiger charge is 2.29. The molecule has 12 nitrogen and oxygen atoms in total. The Morgan fingerprint density at radius 1 is 0.979 bits per heavy atom. The zero-order valence-corrected chi connectivity index (χ0v) is 27.6. The second-order valence-corrected chi connectivity index (χ2v) is 12.7. The first-order chi connectivity index (χ1) is 22.4. The number of nitrogens with zero attached hydrogens (tertiary/aromatic N) is 3. The number of nitrogens with one attached hydrogen (secondary N) is 1. The number of hydrogen-bond donors (Lipinski definition) is 2. The highest BCUT2D eigenvalue weighted by atomic mass is 16.6. The van der Waals surface area contributed by atoms with Crippen LogP contribution in [0, 0.1) is 6.92 Å². The molecule has 3 N–H and O–H groups in total. The van der Waals surface area contributed by atoms with E-state index in [-0.39, 0.29) is 18.1 Å². The first kappa shape index (κ1) is 33.5. The lowest BCUT2D eigenvalue weighted by molar-refractivity contribution is 0.0124. The van der Waals surface area contributed by atoms with E-state index in [0.29, 0.717) is 97.5 Å². The number of carbonyl (C=O) groups is 3. The molecule has 47 heavy (non-hydrogen) atoms. The van der Waals surface area contributed by atoms with Crippen molar-refractivity contribution in [1.82, 2.24) is 9.88 Å². The standard InChI is InChI=1S/C35H43N5O7/c1-22-6-7-23(30-26(31(36)41)10-13-37-32(30)39-16-18-45-19-17-39)20-27(22)38-33(42)24-8-9-28(44-5)29(21-24)46-25-11-14-40(15-12-25)34(43)47-35(2,3)4/h6-10,13,20-21,25H,11-12,14-19H2,1-5H3,(H2,36,41)(H,38,42). The Labute approximate surface area is 275 Å². The third-order valence-corrected chi connectivity index (χ3v) is 8.09. The van der Waals surface area contributed by atoms with Crippen molar-refractivity contribution >= 4 is 29.4 Å². The molecule has 2 saturated heterocycles. The van der Waals surface area contributed by atoms with E-state index in [1.165, 1.54) is 0 Å². The van der Waals surface area contributed by atoms with E-state index in [1.807, 2.05) is 45.9 Å². The topological polar surface area (TPSA) is 146 Å². The fourth-order valence-electron chi connectivity index (χ4n) is 5.63. The Hall–Kier alpha value is -4.84. The summed E-state index contributed by atoms with van der Waals surface area (Å²) in [6.45, 7) is 10.8. The molecule has 0 aliphatic carbocycles. The minimum atomic E-state index is -0.565. The fourth-order valence-corrected chi connectivity index (χ4v) is 5.63. The largest absolute Gasteiger partial charge is 0.493 e. The molecule has 2 aliphatic rings. The molecule has 3 heterocycles. The minimum Gasteiger partial charge on any atom is -0.493 e. The summed E-state index contributed by atoms with van der Waals surface area (Å²) < 4.78 is 22.9. The summed E-state index contributed by atoms with van der Waals surface area (Å²) in [5, 5.41) is 3.03. The van der Waals surface area contributed by atoms with Crippen molar-refractivity contribution in [3.05, 3.63) is 65.4 Å². The third kappa shape index (κ3) is 8.12. The molecule has 2 aromatic carbocycles. The maximum absolute atomic E-state index is 13.6. The monoisotopic (exact) mass is 645 g/mol. The average molecular weight is 646 g/mol. The lowest BCUT2D eigenvalue weighted by atomic mass is 9.97. The van der Waals surface area contributed by atoms with Gasteiger partial charge in [0.15, 0.2) is 11.5 Å². The van der Waals surface area contributed by atoms with Crippen molar-refractivity contribution in [1.29, 1.82) is 0 Å². The first-order valence-electron chi connectivity index (χ1n) is 15.8. The number of amides is 3. The summed E-state index contributed by atoms with van der Waals surface area (Å²) in [4.78, 5) is 47.0. The van der Waals surface area contributed by atoms with Gasteiger partial charge in [-0.15, -0.1) is 0 Å². The number of aryl methyl sites for hydroxylation is 1. The number of aromatic nitrogens is 1. The van der Waals surface area contributed by atoms with Crippen molar-refractivity contribution in [3.63, 3.8) is 0 Å². The van der Waals surface area contributed by atoms with Gasteiger partial charge in [-0.1, -0.05) is 12.1 Å². The minimum absolute atomic E-state index is 0.167. The fraction of sp³-hybridized carbons (Fsp3) is 0.429. The number of rotatable bonds is 8. The molecule has 0 spiro atoms. The maximum Gasteiger partial charge on any atom is 0.410 e. The summed E-state index contributed by atoms with van der Waals surface area (Å²) in [6.07, 6.45) is 2.30. The van der Waals surface area contributed by atoms with Gasteiger partial charge >= 0.3 is 6.09 Å². The number of primary amides is 1. The normalized spacial score (nSPS) is 15.6. The van der Waals surface area contributed by atoms with Crippen LogP contribution in [0.2, 0.25) is 0 Å². The Morgan fingerprint density at radius 3 is 2.36 bits per heavy atom. The van der Waals surface area contributed by atoms with Gasteiger partial charge in [-0.05, 0) is 69.2 Å². The quantitative estimate of drug-likeness (QED) is 0.344. The second-order valence-electron chi connectivity index (χ2n) is 12.7. The molecule has 3 amide bonds. The van der Waals surface area contributed by atoms with Gasteiger partial charge in [0.1, 0.15) is 17.5 Å². The van der Waals surface area contributed by atoms with Crippen LogP contribution < -0.4 is 25.4 Å². The Bertz CT molecular complexity index is 1620. The van der Waals surface area contributed by atoms with E-state index in [0.717, 1.165) is 5.56 Å². The van der Waals surface area contributed by atoms with E-state index >= 15 is 0 Å². The number of benzene rings is 2. The molecular weight excluding hydrogens is 602 g/mol. The number of pyridine rings is 1. The van der Waals surface area contributed by atoms with Crippen molar-refractivity contribution in [2.24, 2.45) is 5.73 Å². The predicted octanol–water partition coefficient (Wildman–Crippen LogP) is 5.03. The zero-order valence-electron chi connectivity index (χ0n) is 27.6. The molecule has 2 aliphatic heterocycles. The number of ether oxygens (including phenoxy) is 4. The molecule has 250 valence electrons. The van der Waals surface area contributed by atoms with E-state index in [9.17, 15) is 14.4 Å². The lowest BCUT2D eigenvalue weighted by Crippen LogP contribution is -2.44. The smallest absolute Gasteiger partial charge is 0.410 e. The van der Waals surface area contributed by atoms with Gasteiger partial charge in [0.25, 0.3) is 5.91 Å². The van der Waals surface area contributed by atoms with Crippen LogP contribution in [0.1, 0.15) is 59.9 Å². The number of hydrogen-bond acceptors (Lipinski definition) is 9. The maximum atomic E-state index is 13.6. The van der Waals surface area contributed by atoms with E-state index in [1.54, 1.807) is 42.5 Å². The van der Waals surface area contributed by atoms with Crippen LogP contribution in [-0.2, 0) is 9.47 Å². The molecule has 1 aromatic heterocycles. The molecular formula is C35H43N5O7. The number of morpholine rings is 1. The molecule has 0 saturated carbocycles. The number of nitrogens with two attached hydrogens (primary N) is 1. The summed E-state index contributed by atoms with van der Waals surface area (Å²) >= 11 is 0. The van der Waals surface area contributed by atoms with Crippen LogP contribution in [0.4, 0.5) is 16.3 Å². The van der Waals surface area contributed by atoms with Gasteiger partial charge in [-0.3, -0.25) is 9.59 Å². The molecule has 12 heteroatoms. The number of carbonyl (C=O) groups excluding carboxylic acids is 3. The number of anilines is 2. The Morgan fingerprint density at radius 2 is 1.70 bits per heavy atom. The van der Waals surface area contributed by atoms with Crippen molar-refractivity contribution < 1.29 is 33.3 Å². The molecule has 0 radical (unpaired) electrons. The SMILES string of the molecule is COc1ccc(C(=O)Nc2cc(-c3c(C(N)=O)ccnc3N3CCOCC3)ccc2C)cc1OC1CCN(C(=O)OC(C)(C)C)CC1. The van der Waals surface area contributed by atoms with Crippen LogP contribution in [0.15, 0.2) is 48.7 Å². The van der Waals surface area contributed by atoms with Crippen LogP contribution in [-0.4, -0.2) is 86.0 Å². The molecule has 0 bridgehead atoms. The molecule has 0 atom stereocenters. The van der Waals surface area contributed by atoms with Crippen molar-refractivity contribution in [2.45, 2.75) is 52.2 Å². The highest BCUT2D eigenvalue weighted by Crippen LogP contribution is 2.36. The van der Waals surface area contributed by atoms with Gasteiger partial charge in [0, 0.05) is 62.0 Å². The molecule has 2 fully saturated rings. The summed E-state index contributed by atoms with van der Waals surface area (Å²) in [7, 11) is 1.55. The second kappa shape index (κ2) is 14.3. The Kier molecular flexibility index (Phi) is 10.2. The third-order valence-electron chi connectivity index (χ3n) is 8.09. The number of likely N-dealkylation sites (tertiary alicyclic amines) is 1. The van der Waals surface area contributed by atoms with Crippen LogP contribution in [0.25, 0.3) is 11.1 Å². The van der Waals surface area contributed by atoms with E-state index in [4.69, 9.17) is 24.7 Å². The van der Waals surface area contributed by atoms with Gasteiger partial charge in [-0.25, -0.2) is 9.78 Å². The van der Waals surface area contributed by atoms with Gasteiger partial charge in [0.2, 0.25) is 5.91 Å². The van der Waals surface area contributed by atoms with Gasteiger partial charge in [0.05, 0.1) is 25.9 Å². The van der Waals surface area contributed by atoms with Gasteiger partial charge < -0.3 is 39.8 Å².